The van der Waals surface area contributed by atoms with Crippen LogP contribution in [0.5, 0.6) is 34.5 Å². The number of phenolic OH excluding ortho intramolecular Hbond substituents is 2. The number of benzene rings is 5. The van der Waals surface area contributed by atoms with Gasteiger partial charge < -0.3 is 29.2 Å². The third kappa shape index (κ3) is 10.5. The largest absolute Gasteiger partial charge is 0.507 e. The molecule has 0 amide bonds. The second kappa shape index (κ2) is 18.5. The van der Waals surface area contributed by atoms with Gasteiger partial charge in [-0.15, -0.1) is 0 Å². The van der Waals surface area contributed by atoms with Gasteiger partial charge in [0.15, 0.2) is 11.5 Å². The quantitative estimate of drug-likeness (QED) is 0.0450. The first-order valence-corrected chi connectivity index (χ1v) is 17.1. The van der Waals surface area contributed by atoms with Crippen LogP contribution in [0.4, 0.5) is 11.4 Å². The Hall–Kier alpha value is -6.42. The molecule has 0 fully saturated rings. The zero-order valence-corrected chi connectivity index (χ0v) is 29.0. The summed E-state index contributed by atoms with van der Waals surface area (Å²) < 4.78 is 22.4. The number of nitrogens with zero attached hydrogens (tertiary/aromatic N) is 2. The molecule has 0 saturated heterocycles. The summed E-state index contributed by atoms with van der Waals surface area (Å²) in [5, 5.41) is 20.7. The molecular weight excluding hydrogens is 660 g/mol. The molecule has 52 heavy (non-hydrogen) atoms. The van der Waals surface area contributed by atoms with E-state index in [2.05, 4.69) is 23.8 Å². The van der Waals surface area contributed by atoms with Crippen molar-refractivity contribution >= 4 is 35.7 Å². The molecule has 10 heteroatoms. The Labute approximate surface area is 302 Å². The Balaban J connectivity index is 1.16. The number of unbranched alkanes of at least 4 members (excludes halogenated alkanes) is 2. The summed E-state index contributed by atoms with van der Waals surface area (Å²) >= 11 is 0. The molecule has 0 spiro atoms. The fourth-order valence-corrected chi connectivity index (χ4v) is 4.71. The van der Waals surface area contributed by atoms with Gasteiger partial charge in [-0.05, 0) is 97.8 Å². The summed E-state index contributed by atoms with van der Waals surface area (Å²) in [6, 6.07) is 29.3. The number of para-hydroxylation sites is 2. The van der Waals surface area contributed by atoms with E-state index in [9.17, 15) is 19.8 Å². The zero-order valence-electron chi connectivity index (χ0n) is 29.0. The van der Waals surface area contributed by atoms with Gasteiger partial charge in [-0.2, -0.15) is 0 Å². The van der Waals surface area contributed by atoms with Crippen molar-refractivity contribution in [3.05, 3.63) is 131 Å². The third-order valence-electron chi connectivity index (χ3n) is 7.70. The maximum absolute atomic E-state index is 13.0. The van der Waals surface area contributed by atoms with Crippen LogP contribution in [0, 0.1) is 0 Å². The van der Waals surface area contributed by atoms with Crippen LogP contribution in [0.3, 0.4) is 0 Å². The number of aliphatic imine (C=N–C) groups is 2. The number of hydrogen-bond acceptors (Lipinski definition) is 10. The Morgan fingerprint density at radius 1 is 0.577 bits per heavy atom. The molecule has 0 unspecified atom stereocenters. The van der Waals surface area contributed by atoms with E-state index in [1.54, 1.807) is 97.1 Å². The molecule has 0 bridgehead atoms. The molecule has 0 saturated carbocycles. The highest BCUT2D eigenvalue weighted by Crippen LogP contribution is 2.29. The molecule has 0 aliphatic carbocycles. The molecule has 0 aliphatic heterocycles. The summed E-state index contributed by atoms with van der Waals surface area (Å²) in [6.45, 7) is 5.33. The predicted octanol–water partition coefficient (Wildman–Crippen LogP) is 9.40. The maximum Gasteiger partial charge on any atom is 0.343 e. The molecule has 5 rings (SSSR count). The minimum atomic E-state index is -0.651. The molecular formula is C42H40N2O8. The topological polar surface area (TPSA) is 136 Å². The standard InChI is InChI=1S/C42H40N2O8/c1-3-5-23-49-35-21-15-31(37(45)25-35)27-43-33-17-11-29(12-18-33)41(47)51-39-9-7-8-10-40(39)52-42(48)30-13-19-34(20-14-30)44-28-32-16-22-36(26-38(32)46)50-24-6-4-2/h7-22,25-28,45-46H,3-6,23-24H2,1-2H3. The minimum absolute atomic E-state index is 0.0481. The average Bonchev–Trinajstić information content (AvgIpc) is 3.15. The van der Waals surface area contributed by atoms with Crippen molar-refractivity contribution in [2.75, 3.05) is 13.2 Å². The lowest BCUT2D eigenvalue weighted by Gasteiger charge is -2.10. The Bertz CT molecular complexity index is 1880. The number of rotatable bonds is 16. The number of ether oxygens (including phenoxy) is 4. The smallest absolute Gasteiger partial charge is 0.343 e. The van der Waals surface area contributed by atoms with Crippen molar-refractivity contribution in [2.24, 2.45) is 9.98 Å². The van der Waals surface area contributed by atoms with E-state index in [0.717, 1.165) is 25.7 Å². The van der Waals surface area contributed by atoms with Crippen molar-refractivity contribution in [1.29, 1.82) is 0 Å². The van der Waals surface area contributed by atoms with Crippen molar-refractivity contribution in [3.8, 4) is 34.5 Å². The first-order chi connectivity index (χ1) is 25.3. The van der Waals surface area contributed by atoms with Crippen LogP contribution < -0.4 is 18.9 Å². The first-order valence-electron chi connectivity index (χ1n) is 17.1. The molecule has 5 aromatic rings. The maximum atomic E-state index is 13.0. The molecule has 0 aromatic heterocycles. The molecule has 2 N–H and O–H groups in total. The molecule has 0 atom stereocenters. The van der Waals surface area contributed by atoms with Gasteiger partial charge in [0.05, 0.1) is 35.7 Å². The van der Waals surface area contributed by atoms with Crippen LogP contribution in [0.1, 0.15) is 71.4 Å². The first kappa shape index (κ1) is 36.9. The van der Waals surface area contributed by atoms with Gasteiger partial charge in [-0.3, -0.25) is 9.98 Å². The SMILES string of the molecule is CCCCOc1ccc(C=Nc2ccc(C(=O)Oc3ccccc3OC(=O)c3ccc(N=Cc4ccc(OCCCC)cc4O)cc3)cc2)c(O)c1. The normalized spacial score (nSPS) is 11.1. The Morgan fingerprint density at radius 2 is 0.981 bits per heavy atom. The van der Waals surface area contributed by atoms with Crippen LogP contribution in [0.2, 0.25) is 0 Å². The third-order valence-corrected chi connectivity index (χ3v) is 7.70. The van der Waals surface area contributed by atoms with Crippen LogP contribution in [0.15, 0.2) is 119 Å². The number of hydrogen-bond donors (Lipinski definition) is 2. The number of esters is 2. The van der Waals surface area contributed by atoms with Crippen LogP contribution in [0.25, 0.3) is 0 Å². The molecule has 5 aromatic carbocycles. The fraction of sp³-hybridized carbons (Fsp3) is 0.190. The van der Waals surface area contributed by atoms with E-state index in [0.29, 0.717) is 47.2 Å². The van der Waals surface area contributed by atoms with Gasteiger partial charge in [0.1, 0.15) is 23.0 Å². The lowest BCUT2D eigenvalue weighted by Crippen LogP contribution is -2.12. The summed E-state index contributed by atoms with van der Waals surface area (Å²) in [5.74, 6) is 0.121. The molecule has 0 aliphatic rings. The van der Waals surface area contributed by atoms with E-state index < -0.39 is 11.9 Å². The van der Waals surface area contributed by atoms with Gasteiger partial charge in [0.25, 0.3) is 0 Å². The number of aromatic hydroxyl groups is 2. The summed E-state index contributed by atoms with van der Waals surface area (Å²) in [4.78, 5) is 34.8. The van der Waals surface area contributed by atoms with Gasteiger partial charge >= 0.3 is 11.9 Å². The van der Waals surface area contributed by atoms with Gasteiger partial charge in [0.2, 0.25) is 0 Å². The van der Waals surface area contributed by atoms with E-state index >= 15 is 0 Å². The van der Waals surface area contributed by atoms with Gasteiger partial charge in [-0.1, -0.05) is 38.8 Å². The molecule has 266 valence electrons. The number of carbonyl (C=O) groups excluding carboxylic acids is 2. The predicted molar refractivity (Wildman–Crippen MR) is 201 cm³/mol. The van der Waals surface area contributed by atoms with E-state index in [1.165, 1.54) is 24.6 Å². The lowest BCUT2D eigenvalue weighted by atomic mass is 10.2. The van der Waals surface area contributed by atoms with Crippen molar-refractivity contribution in [1.82, 2.24) is 0 Å². The zero-order chi connectivity index (χ0) is 36.7. The average molecular weight is 701 g/mol. The van der Waals surface area contributed by atoms with Crippen LogP contribution in [-0.2, 0) is 0 Å². The highest BCUT2D eigenvalue weighted by molar-refractivity contribution is 5.94. The lowest BCUT2D eigenvalue weighted by molar-refractivity contribution is 0.0682. The monoisotopic (exact) mass is 700 g/mol. The van der Waals surface area contributed by atoms with E-state index in [-0.39, 0.29) is 34.1 Å². The van der Waals surface area contributed by atoms with E-state index in [4.69, 9.17) is 18.9 Å². The second-order valence-electron chi connectivity index (χ2n) is 11.7. The van der Waals surface area contributed by atoms with Crippen molar-refractivity contribution in [3.63, 3.8) is 0 Å². The molecule has 0 heterocycles. The van der Waals surface area contributed by atoms with Crippen LogP contribution in [-0.4, -0.2) is 47.8 Å². The summed E-state index contributed by atoms with van der Waals surface area (Å²) in [6.07, 6.45) is 6.96. The fourth-order valence-electron chi connectivity index (χ4n) is 4.71. The summed E-state index contributed by atoms with van der Waals surface area (Å²) in [5.41, 5.74) is 2.69. The number of phenols is 2. The Kier molecular flexibility index (Phi) is 13.1. The van der Waals surface area contributed by atoms with Gasteiger partial charge in [-0.25, -0.2) is 9.59 Å². The highest BCUT2D eigenvalue weighted by atomic mass is 16.6. The highest BCUT2D eigenvalue weighted by Gasteiger charge is 2.16. The summed E-state index contributed by atoms with van der Waals surface area (Å²) in [7, 11) is 0. The van der Waals surface area contributed by atoms with E-state index in [1.807, 2.05) is 0 Å². The molecule has 10 nitrogen and oxygen atoms in total. The second-order valence-corrected chi connectivity index (χ2v) is 11.7. The Morgan fingerprint density at radius 3 is 1.35 bits per heavy atom. The van der Waals surface area contributed by atoms with Crippen LogP contribution >= 0.6 is 0 Å². The van der Waals surface area contributed by atoms with Crippen molar-refractivity contribution < 1.29 is 38.7 Å². The van der Waals surface area contributed by atoms with Crippen molar-refractivity contribution in [2.45, 2.75) is 39.5 Å². The van der Waals surface area contributed by atoms with Gasteiger partial charge in [0, 0.05) is 35.7 Å². The minimum Gasteiger partial charge on any atom is -0.507 e. The number of carbonyl (C=O) groups is 2. The molecule has 0 radical (unpaired) electrons.